The predicted molar refractivity (Wildman–Crippen MR) is 113 cm³/mol. The van der Waals surface area contributed by atoms with Gasteiger partial charge in [0.15, 0.2) is 11.5 Å². The lowest BCUT2D eigenvalue weighted by Crippen LogP contribution is -2.32. The summed E-state index contributed by atoms with van der Waals surface area (Å²) in [6.45, 7) is 10.5. The molecule has 2 aromatic carbocycles. The van der Waals surface area contributed by atoms with Crippen molar-refractivity contribution in [2.45, 2.75) is 40.0 Å². The topological polar surface area (TPSA) is 127 Å². The van der Waals surface area contributed by atoms with Crippen LogP contribution in [0.2, 0.25) is 0 Å². The first-order valence-corrected chi connectivity index (χ1v) is 8.46. The van der Waals surface area contributed by atoms with Crippen molar-refractivity contribution in [1.82, 2.24) is 5.32 Å². The average Bonchev–Trinajstić information content (AvgIpc) is 2.52. The summed E-state index contributed by atoms with van der Waals surface area (Å²) in [4.78, 5) is 18.0. The van der Waals surface area contributed by atoms with Gasteiger partial charge in [-0.15, -0.1) is 12.4 Å². The first kappa shape index (κ1) is 27.7. The van der Waals surface area contributed by atoms with Crippen LogP contribution in [0.5, 0.6) is 11.5 Å². The number of hydrogen-bond donors (Lipinski definition) is 5. The van der Waals surface area contributed by atoms with Gasteiger partial charge >= 0.3 is 0 Å². The summed E-state index contributed by atoms with van der Waals surface area (Å²) < 4.78 is 0. The van der Waals surface area contributed by atoms with Gasteiger partial charge < -0.3 is 25.7 Å². The molecule has 0 amide bonds. The van der Waals surface area contributed by atoms with Crippen molar-refractivity contribution in [3.63, 3.8) is 0 Å². The smallest absolute Gasteiger partial charge is 0.300 e. The van der Waals surface area contributed by atoms with E-state index in [0.717, 1.165) is 37.7 Å². The van der Waals surface area contributed by atoms with Gasteiger partial charge in [-0.3, -0.25) is 9.59 Å². The Morgan fingerprint density at radius 1 is 0.929 bits per heavy atom. The van der Waals surface area contributed by atoms with Crippen LogP contribution in [0.1, 0.15) is 40.2 Å². The highest BCUT2D eigenvalue weighted by Crippen LogP contribution is 2.33. The summed E-state index contributed by atoms with van der Waals surface area (Å²) in [6.07, 6.45) is 0. The Kier molecular flexibility index (Phi) is 12.7. The van der Waals surface area contributed by atoms with Crippen molar-refractivity contribution < 1.29 is 30.0 Å². The number of carboxylic acids is 2. The summed E-state index contributed by atoms with van der Waals surface area (Å²) in [5, 5.41) is 39.2. The van der Waals surface area contributed by atoms with E-state index >= 15 is 0 Å². The molecule has 0 aromatic heterocycles. The average molecular weight is 416 g/mol. The molecule has 0 fully saturated rings. The van der Waals surface area contributed by atoms with E-state index in [1.54, 1.807) is 12.1 Å². The van der Waals surface area contributed by atoms with Crippen molar-refractivity contribution in [2.24, 2.45) is 0 Å². The van der Waals surface area contributed by atoms with Gasteiger partial charge in [0.25, 0.3) is 11.9 Å². The zero-order chi connectivity index (χ0) is 21.2. The van der Waals surface area contributed by atoms with E-state index < -0.39 is 11.9 Å². The quantitative estimate of drug-likeness (QED) is 0.481. The molecule has 0 aliphatic rings. The number of aromatic hydroxyl groups is 2. The lowest BCUT2D eigenvalue weighted by molar-refractivity contribution is -0.135. The van der Waals surface area contributed by atoms with Crippen LogP contribution in [0, 0.1) is 0 Å². The van der Waals surface area contributed by atoms with Gasteiger partial charge in [0, 0.05) is 25.8 Å². The number of phenolic OH excluding ortho intramolecular Hbond substituents is 2. The Morgan fingerprint density at radius 2 is 1.36 bits per heavy atom. The van der Waals surface area contributed by atoms with Crippen LogP contribution in [0.3, 0.4) is 0 Å². The lowest BCUT2D eigenvalue weighted by atomic mass is 9.83. The fraction of sp³-hybridized carbons (Fsp3) is 0.400. The first-order valence-electron chi connectivity index (χ1n) is 8.46. The number of aliphatic carboxylic acids is 2. The minimum atomic E-state index is -0.833. The maximum absolute atomic E-state index is 9.59. The van der Waals surface area contributed by atoms with Crippen LogP contribution in [0.4, 0.5) is 0 Å². The first-order chi connectivity index (χ1) is 12.4. The second kappa shape index (κ2) is 12.8. The number of nitrogens with one attached hydrogen (secondary N) is 1. The summed E-state index contributed by atoms with van der Waals surface area (Å²) in [5.41, 5.74) is 1.24. The summed E-state index contributed by atoms with van der Waals surface area (Å²) >= 11 is 0. The molecule has 0 aliphatic heterocycles. The van der Waals surface area contributed by atoms with Crippen LogP contribution in [0.15, 0.2) is 30.3 Å². The molecule has 0 saturated heterocycles. The van der Waals surface area contributed by atoms with E-state index in [2.05, 4.69) is 38.2 Å². The molecule has 0 unspecified atom stereocenters. The SMILES string of the molecule is CC(=O)O.CC(=O)O.CCNCC(C)(C)c1ccc2cc(O)c(O)cc2c1.Cl. The molecule has 0 aliphatic carbocycles. The Balaban J connectivity index is 0. The minimum absolute atomic E-state index is 0. The molecule has 7 nitrogen and oxygen atoms in total. The Morgan fingerprint density at radius 3 is 1.79 bits per heavy atom. The molecule has 0 saturated carbocycles. The maximum Gasteiger partial charge on any atom is 0.300 e. The highest BCUT2D eigenvalue weighted by Gasteiger charge is 2.20. The maximum atomic E-state index is 9.59. The number of carbonyl (C=O) groups is 2. The molecule has 158 valence electrons. The van der Waals surface area contributed by atoms with Gasteiger partial charge in [0.2, 0.25) is 0 Å². The third-order valence-electron chi connectivity index (χ3n) is 3.53. The van der Waals surface area contributed by atoms with Crippen molar-refractivity contribution >= 4 is 35.1 Å². The van der Waals surface area contributed by atoms with E-state index in [9.17, 15) is 10.2 Å². The van der Waals surface area contributed by atoms with E-state index in [0.29, 0.717) is 0 Å². The van der Waals surface area contributed by atoms with Crippen molar-refractivity contribution in [3.8, 4) is 11.5 Å². The van der Waals surface area contributed by atoms with Crippen molar-refractivity contribution in [3.05, 3.63) is 35.9 Å². The fourth-order valence-corrected chi connectivity index (χ4v) is 2.23. The molecule has 0 spiro atoms. The van der Waals surface area contributed by atoms with E-state index in [4.69, 9.17) is 19.8 Å². The number of carboxylic acid groups (broad SMARTS) is 2. The minimum Gasteiger partial charge on any atom is -0.504 e. The second-order valence-electron chi connectivity index (χ2n) is 6.61. The molecule has 28 heavy (non-hydrogen) atoms. The number of benzene rings is 2. The van der Waals surface area contributed by atoms with Crippen LogP contribution in [-0.2, 0) is 15.0 Å². The number of phenols is 2. The van der Waals surface area contributed by atoms with Crippen LogP contribution in [0.25, 0.3) is 10.8 Å². The largest absolute Gasteiger partial charge is 0.504 e. The molecular weight excluding hydrogens is 386 g/mol. The Labute approximate surface area is 171 Å². The Bertz CT molecular complexity index is 757. The van der Waals surface area contributed by atoms with Gasteiger partial charge in [-0.2, -0.15) is 0 Å². The van der Waals surface area contributed by atoms with Gasteiger partial charge in [0.05, 0.1) is 0 Å². The molecule has 0 atom stereocenters. The van der Waals surface area contributed by atoms with E-state index in [1.807, 2.05) is 6.07 Å². The molecule has 0 radical (unpaired) electrons. The summed E-state index contributed by atoms with van der Waals surface area (Å²) in [7, 11) is 0. The molecule has 2 rings (SSSR count). The zero-order valence-electron chi connectivity index (χ0n) is 16.8. The standard InChI is InChI=1S/C16H21NO2.2C2H4O2.ClH/c1-4-17-10-16(2,3)13-6-5-11-8-14(18)15(19)9-12(11)7-13;2*1-2(3)4;/h5-9,17-19H,4,10H2,1-3H3;2*1H3,(H,3,4);1H. The second-order valence-corrected chi connectivity index (χ2v) is 6.61. The third-order valence-corrected chi connectivity index (χ3v) is 3.53. The van der Waals surface area contributed by atoms with Crippen LogP contribution >= 0.6 is 12.4 Å². The van der Waals surface area contributed by atoms with Gasteiger partial charge in [0.1, 0.15) is 0 Å². The number of fused-ring (bicyclic) bond motifs is 1. The van der Waals surface area contributed by atoms with Gasteiger partial charge in [-0.05, 0) is 35.0 Å². The molecular formula is C20H30ClNO6. The molecule has 0 heterocycles. The monoisotopic (exact) mass is 415 g/mol. The number of likely N-dealkylation sites (N-methyl/N-ethyl adjacent to an activating group) is 1. The highest BCUT2D eigenvalue weighted by atomic mass is 35.5. The molecule has 0 bridgehead atoms. The number of hydrogen-bond acceptors (Lipinski definition) is 5. The molecule has 8 heteroatoms. The molecule has 2 aromatic rings. The highest BCUT2D eigenvalue weighted by molar-refractivity contribution is 5.86. The lowest BCUT2D eigenvalue weighted by Gasteiger charge is -2.26. The van der Waals surface area contributed by atoms with Crippen LogP contribution in [-0.4, -0.2) is 45.5 Å². The normalized spacial score (nSPS) is 9.89. The van der Waals surface area contributed by atoms with Gasteiger partial charge in [-0.1, -0.05) is 39.0 Å². The summed E-state index contributed by atoms with van der Waals surface area (Å²) in [5.74, 6) is -1.82. The van der Waals surface area contributed by atoms with Crippen molar-refractivity contribution in [2.75, 3.05) is 13.1 Å². The van der Waals surface area contributed by atoms with Gasteiger partial charge in [-0.25, -0.2) is 0 Å². The van der Waals surface area contributed by atoms with Crippen molar-refractivity contribution in [1.29, 1.82) is 0 Å². The number of halogens is 1. The predicted octanol–water partition coefficient (Wildman–Crippen LogP) is 3.74. The zero-order valence-corrected chi connectivity index (χ0v) is 17.6. The van der Waals surface area contributed by atoms with E-state index in [-0.39, 0.29) is 29.3 Å². The summed E-state index contributed by atoms with van der Waals surface area (Å²) in [6, 6.07) is 9.34. The molecule has 5 N–H and O–H groups in total. The third kappa shape index (κ3) is 10.6. The Hall–Kier alpha value is -2.51. The number of rotatable bonds is 4. The van der Waals surface area contributed by atoms with E-state index in [1.165, 1.54) is 5.56 Å². The fourth-order valence-electron chi connectivity index (χ4n) is 2.23. The van der Waals surface area contributed by atoms with Crippen LogP contribution < -0.4 is 5.32 Å².